The van der Waals surface area contributed by atoms with E-state index in [4.69, 9.17) is 10.5 Å². The highest BCUT2D eigenvalue weighted by Crippen LogP contribution is 2.25. The summed E-state index contributed by atoms with van der Waals surface area (Å²) >= 11 is 1.27. The maximum atomic E-state index is 11.9. The summed E-state index contributed by atoms with van der Waals surface area (Å²) in [7, 11) is 3.36. The molecule has 3 N–H and O–H groups in total. The second-order valence-corrected chi connectivity index (χ2v) is 4.47. The topological polar surface area (TPSA) is 80.5 Å². The van der Waals surface area contributed by atoms with Crippen LogP contribution in [0.5, 0.6) is 0 Å². The Balaban J connectivity index is 2.71. The number of aromatic nitrogens is 1. The molecular formula is C10H18N4O2S. The van der Waals surface area contributed by atoms with Crippen LogP contribution in [0.4, 0.5) is 10.9 Å². The van der Waals surface area contributed by atoms with Gasteiger partial charge in [-0.3, -0.25) is 4.79 Å². The van der Waals surface area contributed by atoms with E-state index in [-0.39, 0.29) is 11.7 Å². The lowest BCUT2D eigenvalue weighted by molar-refractivity contribution is 0.0808. The van der Waals surface area contributed by atoms with E-state index in [0.29, 0.717) is 29.7 Å². The van der Waals surface area contributed by atoms with Crippen LogP contribution in [0.25, 0.3) is 0 Å². The Morgan fingerprint density at radius 2 is 2.35 bits per heavy atom. The molecule has 0 unspecified atom stereocenters. The van der Waals surface area contributed by atoms with Crippen molar-refractivity contribution in [3.8, 4) is 0 Å². The van der Waals surface area contributed by atoms with Crippen molar-refractivity contribution in [2.24, 2.45) is 0 Å². The van der Waals surface area contributed by atoms with E-state index in [1.165, 1.54) is 11.3 Å². The van der Waals surface area contributed by atoms with E-state index in [1.807, 2.05) is 6.92 Å². The smallest absolute Gasteiger partial charge is 0.267 e. The van der Waals surface area contributed by atoms with Crippen LogP contribution < -0.4 is 11.1 Å². The number of ether oxygens (including phenoxy) is 1. The van der Waals surface area contributed by atoms with Gasteiger partial charge in [-0.05, 0) is 6.92 Å². The molecule has 6 nitrogen and oxygen atoms in total. The predicted molar refractivity (Wildman–Crippen MR) is 69.5 cm³/mol. The van der Waals surface area contributed by atoms with Gasteiger partial charge in [0.15, 0.2) is 5.13 Å². The maximum Gasteiger partial charge on any atom is 0.267 e. The number of hydrogen-bond acceptors (Lipinski definition) is 6. The zero-order chi connectivity index (χ0) is 12.8. The Morgan fingerprint density at radius 3 is 2.94 bits per heavy atom. The van der Waals surface area contributed by atoms with Gasteiger partial charge in [0.2, 0.25) is 0 Å². The van der Waals surface area contributed by atoms with E-state index in [0.717, 1.165) is 0 Å². The molecule has 0 radical (unpaired) electrons. The van der Waals surface area contributed by atoms with Gasteiger partial charge < -0.3 is 20.7 Å². The number of carbonyl (C=O) groups excluding carboxylic acids is 1. The number of carbonyl (C=O) groups is 1. The summed E-state index contributed by atoms with van der Waals surface area (Å²) in [6.07, 6.45) is 0. The van der Waals surface area contributed by atoms with Gasteiger partial charge in [-0.1, -0.05) is 11.3 Å². The predicted octanol–water partition coefficient (Wildman–Crippen LogP) is 0.876. The van der Waals surface area contributed by atoms with Crippen LogP contribution in [-0.4, -0.2) is 49.6 Å². The molecule has 0 aromatic carbocycles. The fourth-order valence-electron chi connectivity index (χ4n) is 1.14. The molecule has 0 aliphatic rings. The first kappa shape index (κ1) is 13.7. The Bertz CT molecular complexity index is 380. The number of thiazole rings is 1. The van der Waals surface area contributed by atoms with Crippen molar-refractivity contribution in [3.63, 3.8) is 0 Å². The minimum absolute atomic E-state index is 0.0951. The van der Waals surface area contributed by atoms with Gasteiger partial charge in [-0.15, -0.1) is 0 Å². The van der Waals surface area contributed by atoms with Crippen molar-refractivity contribution < 1.29 is 9.53 Å². The van der Waals surface area contributed by atoms with Crippen molar-refractivity contribution in [1.29, 1.82) is 0 Å². The number of hydrogen-bond donors (Lipinski definition) is 2. The quantitative estimate of drug-likeness (QED) is 0.740. The van der Waals surface area contributed by atoms with Crippen molar-refractivity contribution in [2.75, 3.05) is 44.9 Å². The number of nitrogen functional groups attached to an aromatic ring is 1. The van der Waals surface area contributed by atoms with Crippen molar-refractivity contribution in [1.82, 2.24) is 9.88 Å². The Morgan fingerprint density at radius 1 is 1.65 bits per heavy atom. The summed E-state index contributed by atoms with van der Waals surface area (Å²) < 4.78 is 4.91. The molecule has 0 saturated heterocycles. The highest BCUT2D eigenvalue weighted by Gasteiger charge is 2.18. The van der Waals surface area contributed by atoms with E-state index in [1.54, 1.807) is 19.1 Å². The average molecular weight is 258 g/mol. The lowest BCUT2D eigenvalue weighted by Crippen LogP contribution is -2.26. The zero-order valence-electron chi connectivity index (χ0n) is 10.3. The standard InChI is InChI=1S/C10H18N4O2S/c1-4-14(2)9(15)7-8(11)13-10(17-7)12-5-6-16-3/h4-6,11H2,1-3H3,(H,12,13). The van der Waals surface area contributed by atoms with Gasteiger partial charge in [0.1, 0.15) is 10.7 Å². The molecule has 1 amide bonds. The van der Waals surface area contributed by atoms with Gasteiger partial charge in [0.05, 0.1) is 6.61 Å². The molecule has 1 aromatic heterocycles. The molecule has 0 atom stereocenters. The Hall–Kier alpha value is -1.34. The molecule has 17 heavy (non-hydrogen) atoms. The number of rotatable bonds is 6. The van der Waals surface area contributed by atoms with Gasteiger partial charge >= 0.3 is 0 Å². The minimum Gasteiger partial charge on any atom is -0.383 e. The summed E-state index contributed by atoms with van der Waals surface area (Å²) in [5.74, 6) is 0.183. The fraction of sp³-hybridized carbons (Fsp3) is 0.600. The van der Waals surface area contributed by atoms with E-state index >= 15 is 0 Å². The third-order valence-electron chi connectivity index (χ3n) is 2.25. The summed E-state index contributed by atoms with van der Waals surface area (Å²) in [6.45, 7) is 3.77. The Labute approximate surface area is 105 Å². The molecule has 96 valence electrons. The van der Waals surface area contributed by atoms with Crippen LogP contribution in [-0.2, 0) is 4.74 Å². The first-order valence-electron chi connectivity index (χ1n) is 5.34. The van der Waals surface area contributed by atoms with Crippen LogP contribution in [0.15, 0.2) is 0 Å². The molecule has 1 aromatic rings. The molecule has 7 heteroatoms. The van der Waals surface area contributed by atoms with Gasteiger partial charge in [-0.2, -0.15) is 0 Å². The molecule has 0 aliphatic carbocycles. The van der Waals surface area contributed by atoms with E-state index < -0.39 is 0 Å². The average Bonchev–Trinajstić information content (AvgIpc) is 2.69. The van der Waals surface area contributed by atoms with Crippen LogP contribution in [0, 0.1) is 0 Å². The number of anilines is 2. The third-order valence-corrected chi connectivity index (χ3v) is 3.27. The molecule has 0 saturated carbocycles. The maximum absolute atomic E-state index is 11.9. The highest BCUT2D eigenvalue weighted by molar-refractivity contribution is 7.18. The molecular weight excluding hydrogens is 240 g/mol. The first-order valence-corrected chi connectivity index (χ1v) is 6.16. The molecule has 0 spiro atoms. The normalized spacial score (nSPS) is 10.3. The summed E-state index contributed by atoms with van der Waals surface area (Å²) in [5, 5.41) is 3.70. The largest absolute Gasteiger partial charge is 0.383 e. The summed E-state index contributed by atoms with van der Waals surface area (Å²) in [5.41, 5.74) is 5.72. The minimum atomic E-state index is -0.0951. The summed E-state index contributed by atoms with van der Waals surface area (Å²) in [6, 6.07) is 0. The highest BCUT2D eigenvalue weighted by atomic mass is 32.1. The second kappa shape index (κ2) is 6.41. The molecule has 1 heterocycles. The lowest BCUT2D eigenvalue weighted by atomic mass is 10.4. The number of amides is 1. The number of nitrogens with two attached hydrogens (primary N) is 1. The molecule has 0 aliphatic heterocycles. The van der Waals surface area contributed by atoms with Crippen LogP contribution in [0.1, 0.15) is 16.6 Å². The third kappa shape index (κ3) is 3.57. The fourth-order valence-corrected chi connectivity index (χ4v) is 2.04. The van der Waals surface area contributed by atoms with Gasteiger partial charge in [-0.25, -0.2) is 4.98 Å². The number of nitrogens with zero attached hydrogens (tertiary/aromatic N) is 2. The van der Waals surface area contributed by atoms with Crippen LogP contribution >= 0.6 is 11.3 Å². The van der Waals surface area contributed by atoms with Crippen LogP contribution in [0.3, 0.4) is 0 Å². The van der Waals surface area contributed by atoms with Gasteiger partial charge in [0.25, 0.3) is 5.91 Å². The SMILES string of the molecule is CCN(C)C(=O)c1sc(NCCOC)nc1N. The van der Waals surface area contributed by atoms with E-state index in [2.05, 4.69) is 10.3 Å². The number of methoxy groups -OCH3 is 1. The molecule has 1 rings (SSSR count). The monoisotopic (exact) mass is 258 g/mol. The number of nitrogens with one attached hydrogen (secondary N) is 1. The first-order chi connectivity index (χ1) is 8.10. The van der Waals surface area contributed by atoms with E-state index in [9.17, 15) is 4.79 Å². The second-order valence-electron chi connectivity index (χ2n) is 3.47. The van der Waals surface area contributed by atoms with Gasteiger partial charge in [0, 0.05) is 27.2 Å². The van der Waals surface area contributed by atoms with Crippen LogP contribution in [0.2, 0.25) is 0 Å². The summed E-state index contributed by atoms with van der Waals surface area (Å²) in [4.78, 5) is 18.1. The van der Waals surface area contributed by atoms with Crippen molar-refractivity contribution in [3.05, 3.63) is 4.88 Å². The van der Waals surface area contributed by atoms with Crippen molar-refractivity contribution >= 4 is 28.2 Å². The molecule has 0 fully saturated rings. The lowest BCUT2D eigenvalue weighted by Gasteiger charge is -2.12. The molecule has 0 bridgehead atoms. The Kier molecular flexibility index (Phi) is 5.17. The van der Waals surface area contributed by atoms with Crippen molar-refractivity contribution in [2.45, 2.75) is 6.92 Å². The zero-order valence-corrected chi connectivity index (χ0v) is 11.1.